The van der Waals surface area contributed by atoms with E-state index in [4.69, 9.17) is 16.3 Å². The van der Waals surface area contributed by atoms with Crippen LogP contribution in [0.5, 0.6) is 5.88 Å². The quantitative estimate of drug-likeness (QED) is 0.678. The predicted molar refractivity (Wildman–Crippen MR) is 118 cm³/mol. The Hall–Kier alpha value is -2.11. The first-order valence-electron chi connectivity index (χ1n) is 11.0. The Morgan fingerprint density at radius 3 is 2.53 bits per heavy atom. The number of aromatic nitrogens is 1. The van der Waals surface area contributed by atoms with E-state index < -0.39 is 6.10 Å². The van der Waals surface area contributed by atoms with Crippen LogP contribution in [0.15, 0.2) is 36.5 Å². The standard InChI is InChI=1S/C24H29ClN2O3/c25-19-11-9-17(10-12-19)20-13-18(23(29)27-21-7-3-4-8-22(21)28)14-26-24(20)30-15-16-5-1-2-6-16/h9-14,16,21-22,28H,1-8,15H2,(H,27,29)/t21-,22-/m1/s1. The minimum Gasteiger partial charge on any atom is -0.477 e. The number of rotatable bonds is 6. The maximum Gasteiger partial charge on any atom is 0.253 e. The first-order valence-corrected chi connectivity index (χ1v) is 11.4. The van der Waals surface area contributed by atoms with Gasteiger partial charge in [-0.1, -0.05) is 49.4 Å². The third kappa shape index (κ3) is 5.13. The Kier molecular flexibility index (Phi) is 6.90. The van der Waals surface area contributed by atoms with Gasteiger partial charge in [-0.15, -0.1) is 0 Å². The second-order valence-corrected chi connectivity index (χ2v) is 8.91. The van der Waals surface area contributed by atoms with Gasteiger partial charge in [-0.3, -0.25) is 4.79 Å². The van der Waals surface area contributed by atoms with Gasteiger partial charge in [0.2, 0.25) is 5.88 Å². The van der Waals surface area contributed by atoms with E-state index in [0.717, 1.165) is 36.8 Å². The highest BCUT2D eigenvalue weighted by Crippen LogP contribution is 2.32. The summed E-state index contributed by atoms with van der Waals surface area (Å²) >= 11 is 6.06. The zero-order valence-corrected chi connectivity index (χ0v) is 17.9. The summed E-state index contributed by atoms with van der Waals surface area (Å²) in [4.78, 5) is 17.3. The van der Waals surface area contributed by atoms with E-state index >= 15 is 0 Å². The Bertz CT molecular complexity index is 865. The second-order valence-electron chi connectivity index (χ2n) is 8.48. The first-order chi connectivity index (χ1) is 14.6. The maximum absolute atomic E-state index is 12.9. The number of nitrogens with zero attached hydrogens (tertiary/aromatic N) is 1. The Labute approximate surface area is 182 Å². The number of halogens is 1. The normalized spacial score (nSPS) is 22.1. The number of pyridine rings is 1. The van der Waals surface area contributed by atoms with Crippen LogP contribution >= 0.6 is 11.6 Å². The van der Waals surface area contributed by atoms with Crippen LogP contribution in [0.25, 0.3) is 11.1 Å². The van der Waals surface area contributed by atoms with Crippen molar-refractivity contribution in [2.75, 3.05) is 6.61 Å². The van der Waals surface area contributed by atoms with Crippen molar-refractivity contribution in [1.29, 1.82) is 0 Å². The van der Waals surface area contributed by atoms with Crippen LogP contribution in [0.1, 0.15) is 61.7 Å². The molecule has 2 aromatic rings. The van der Waals surface area contributed by atoms with E-state index in [9.17, 15) is 9.90 Å². The monoisotopic (exact) mass is 428 g/mol. The van der Waals surface area contributed by atoms with Crippen molar-refractivity contribution < 1.29 is 14.6 Å². The molecule has 6 heteroatoms. The molecular formula is C24H29ClN2O3. The van der Waals surface area contributed by atoms with Gasteiger partial charge < -0.3 is 15.2 Å². The zero-order chi connectivity index (χ0) is 20.9. The van der Waals surface area contributed by atoms with E-state index in [-0.39, 0.29) is 11.9 Å². The number of hydrogen-bond acceptors (Lipinski definition) is 4. The van der Waals surface area contributed by atoms with Gasteiger partial charge in [-0.2, -0.15) is 0 Å². The van der Waals surface area contributed by atoms with Crippen molar-refractivity contribution in [3.8, 4) is 17.0 Å². The Morgan fingerprint density at radius 2 is 1.80 bits per heavy atom. The van der Waals surface area contributed by atoms with E-state index in [0.29, 0.717) is 29.0 Å². The average Bonchev–Trinajstić information content (AvgIpc) is 3.28. The van der Waals surface area contributed by atoms with E-state index in [2.05, 4.69) is 10.3 Å². The summed E-state index contributed by atoms with van der Waals surface area (Å²) in [6, 6.07) is 9.09. The van der Waals surface area contributed by atoms with Gasteiger partial charge in [0.1, 0.15) is 0 Å². The van der Waals surface area contributed by atoms with Crippen LogP contribution in [0, 0.1) is 5.92 Å². The SMILES string of the molecule is O=C(N[C@@H]1CCCC[C@H]1O)c1cnc(OCC2CCCC2)c(-c2ccc(Cl)cc2)c1. The average molecular weight is 429 g/mol. The lowest BCUT2D eigenvalue weighted by molar-refractivity contribution is 0.0717. The van der Waals surface area contributed by atoms with Crippen LogP contribution < -0.4 is 10.1 Å². The number of hydrogen-bond donors (Lipinski definition) is 2. The van der Waals surface area contributed by atoms with E-state index in [1.54, 1.807) is 6.20 Å². The molecule has 2 aliphatic carbocycles. The molecule has 1 aromatic heterocycles. The van der Waals surface area contributed by atoms with Crippen LogP contribution in [0.4, 0.5) is 0 Å². The van der Waals surface area contributed by atoms with Crippen molar-refractivity contribution in [3.05, 3.63) is 47.1 Å². The summed E-state index contributed by atoms with van der Waals surface area (Å²) in [5, 5.41) is 13.8. The minimum atomic E-state index is -0.486. The molecule has 2 N–H and O–H groups in total. The number of carbonyl (C=O) groups excluding carboxylic acids is 1. The number of nitrogens with one attached hydrogen (secondary N) is 1. The topological polar surface area (TPSA) is 71.5 Å². The maximum atomic E-state index is 12.9. The van der Waals surface area contributed by atoms with Crippen molar-refractivity contribution >= 4 is 17.5 Å². The molecule has 5 nitrogen and oxygen atoms in total. The summed E-state index contributed by atoms with van der Waals surface area (Å²) in [5.74, 6) is 0.894. The molecule has 2 saturated carbocycles. The number of aliphatic hydroxyl groups excluding tert-OH is 1. The summed E-state index contributed by atoms with van der Waals surface area (Å²) in [5.41, 5.74) is 2.15. The zero-order valence-electron chi connectivity index (χ0n) is 17.1. The molecule has 0 spiro atoms. The highest BCUT2D eigenvalue weighted by atomic mass is 35.5. The second kappa shape index (κ2) is 9.80. The summed E-state index contributed by atoms with van der Waals surface area (Å²) in [7, 11) is 0. The van der Waals surface area contributed by atoms with Crippen molar-refractivity contribution in [1.82, 2.24) is 10.3 Å². The van der Waals surface area contributed by atoms with Gasteiger partial charge in [0.15, 0.2) is 0 Å². The lowest BCUT2D eigenvalue weighted by atomic mass is 9.92. The molecule has 0 aliphatic heterocycles. The minimum absolute atomic E-state index is 0.205. The summed E-state index contributed by atoms with van der Waals surface area (Å²) in [6.07, 6.45) is 9.54. The lowest BCUT2D eigenvalue weighted by Gasteiger charge is -2.28. The Morgan fingerprint density at radius 1 is 1.10 bits per heavy atom. The molecule has 4 rings (SSSR count). The van der Waals surface area contributed by atoms with Crippen LogP contribution in [-0.2, 0) is 0 Å². The lowest BCUT2D eigenvalue weighted by Crippen LogP contribution is -2.45. The Balaban J connectivity index is 1.56. The molecule has 0 unspecified atom stereocenters. The first kappa shape index (κ1) is 21.1. The van der Waals surface area contributed by atoms with Crippen molar-refractivity contribution in [3.63, 3.8) is 0 Å². The fraction of sp³-hybridized carbons (Fsp3) is 0.500. The molecule has 1 aromatic carbocycles. The number of benzene rings is 1. The van der Waals surface area contributed by atoms with Crippen LogP contribution in [-0.4, -0.2) is 34.8 Å². The highest BCUT2D eigenvalue weighted by Gasteiger charge is 2.25. The fourth-order valence-electron chi connectivity index (χ4n) is 4.43. The van der Waals surface area contributed by atoms with E-state index in [1.165, 1.54) is 25.7 Å². The summed E-state index contributed by atoms with van der Waals surface area (Å²) < 4.78 is 6.09. The van der Waals surface area contributed by atoms with Crippen LogP contribution in [0.3, 0.4) is 0 Å². The third-order valence-electron chi connectivity index (χ3n) is 6.25. The van der Waals surface area contributed by atoms with Gasteiger partial charge in [0, 0.05) is 16.8 Å². The molecule has 1 heterocycles. The third-order valence-corrected chi connectivity index (χ3v) is 6.50. The molecule has 0 saturated heterocycles. The molecular weight excluding hydrogens is 400 g/mol. The van der Waals surface area contributed by atoms with Crippen molar-refractivity contribution in [2.45, 2.75) is 63.5 Å². The van der Waals surface area contributed by atoms with Crippen LogP contribution in [0.2, 0.25) is 5.02 Å². The van der Waals surface area contributed by atoms with E-state index in [1.807, 2.05) is 30.3 Å². The number of ether oxygens (including phenoxy) is 1. The molecule has 160 valence electrons. The van der Waals surface area contributed by atoms with Crippen molar-refractivity contribution in [2.24, 2.45) is 5.92 Å². The van der Waals surface area contributed by atoms with Gasteiger partial charge in [-0.25, -0.2) is 4.98 Å². The predicted octanol–water partition coefficient (Wildman–Crippen LogP) is 5.00. The molecule has 2 fully saturated rings. The summed E-state index contributed by atoms with van der Waals surface area (Å²) in [6.45, 7) is 0.646. The molecule has 1 amide bonds. The van der Waals surface area contributed by atoms with Gasteiger partial charge in [0.05, 0.1) is 24.3 Å². The molecule has 30 heavy (non-hydrogen) atoms. The number of amides is 1. The van der Waals surface area contributed by atoms with Gasteiger partial charge in [-0.05, 0) is 55.4 Å². The largest absolute Gasteiger partial charge is 0.477 e. The molecule has 2 atom stereocenters. The molecule has 0 radical (unpaired) electrons. The van der Waals surface area contributed by atoms with Gasteiger partial charge in [0.25, 0.3) is 5.91 Å². The fourth-order valence-corrected chi connectivity index (χ4v) is 4.56. The smallest absolute Gasteiger partial charge is 0.253 e. The van der Waals surface area contributed by atoms with Gasteiger partial charge >= 0.3 is 0 Å². The number of aliphatic hydroxyl groups is 1. The highest BCUT2D eigenvalue weighted by molar-refractivity contribution is 6.30. The number of carbonyl (C=O) groups is 1. The molecule has 0 bridgehead atoms. The molecule has 2 aliphatic rings.